The fourth-order valence-corrected chi connectivity index (χ4v) is 5.70. The fourth-order valence-electron chi connectivity index (χ4n) is 4.80. The number of ether oxygens (including phenoxy) is 1. The Morgan fingerprint density at radius 3 is 2.30 bits per heavy atom. The monoisotopic (exact) mass is 529 g/mol. The molecule has 0 spiro atoms. The summed E-state index contributed by atoms with van der Waals surface area (Å²) in [5, 5.41) is 3.12. The Bertz CT molecular complexity index is 1190. The second-order valence-electron chi connectivity index (χ2n) is 9.84. The molecule has 0 unspecified atom stereocenters. The number of hydrogen-bond donors (Lipinski definition) is 1. The van der Waals surface area contributed by atoms with Gasteiger partial charge in [-0.1, -0.05) is 44.0 Å². The van der Waals surface area contributed by atoms with E-state index in [1.807, 2.05) is 45.0 Å². The third-order valence-corrected chi connectivity index (χ3v) is 8.04. The lowest BCUT2D eigenvalue weighted by Crippen LogP contribution is -2.53. The first-order chi connectivity index (χ1) is 17.5. The van der Waals surface area contributed by atoms with Gasteiger partial charge in [0.05, 0.1) is 19.1 Å². The molecule has 1 N–H and O–H groups in total. The minimum atomic E-state index is -3.77. The first-order valence-electron chi connectivity index (χ1n) is 12.8. The zero-order chi connectivity index (χ0) is 27.2. The molecule has 0 saturated heterocycles. The normalized spacial score (nSPS) is 14.7. The summed E-state index contributed by atoms with van der Waals surface area (Å²) in [5.41, 5.74) is 2.92. The van der Waals surface area contributed by atoms with E-state index in [1.165, 1.54) is 4.90 Å². The second kappa shape index (κ2) is 12.4. The van der Waals surface area contributed by atoms with E-state index in [2.05, 4.69) is 5.32 Å². The molecule has 0 radical (unpaired) electrons. The quantitative estimate of drug-likeness (QED) is 0.476. The number of carbonyl (C=O) groups excluding carboxylic acids is 2. The number of hydrogen-bond acceptors (Lipinski definition) is 5. The Labute approximate surface area is 221 Å². The van der Waals surface area contributed by atoms with Crippen LogP contribution in [0.5, 0.6) is 5.75 Å². The molecule has 0 heterocycles. The van der Waals surface area contributed by atoms with E-state index >= 15 is 0 Å². The molecule has 0 aliphatic heterocycles. The van der Waals surface area contributed by atoms with E-state index in [9.17, 15) is 18.0 Å². The molecule has 1 aliphatic rings. The van der Waals surface area contributed by atoms with Crippen LogP contribution in [0.4, 0.5) is 5.69 Å². The van der Waals surface area contributed by atoms with Gasteiger partial charge in [-0.25, -0.2) is 8.42 Å². The van der Waals surface area contributed by atoms with Crippen LogP contribution in [0.2, 0.25) is 0 Å². The van der Waals surface area contributed by atoms with Gasteiger partial charge in [-0.2, -0.15) is 0 Å². The summed E-state index contributed by atoms with van der Waals surface area (Å²) in [6.07, 6.45) is 5.53. The minimum Gasteiger partial charge on any atom is -0.497 e. The van der Waals surface area contributed by atoms with Crippen molar-refractivity contribution >= 4 is 27.5 Å². The summed E-state index contributed by atoms with van der Waals surface area (Å²) in [6, 6.07) is 12.2. The SMILES string of the molecule is CC[C@@H](C(=O)NC1CCCC1)N(Cc1ccc(OC)cc1)C(=O)CN(c1cc(C)ccc1C)S(C)(=O)=O. The van der Waals surface area contributed by atoms with Crippen molar-refractivity contribution in [2.24, 2.45) is 0 Å². The number of nitrogens with one attached hydrogen (secondary N) is 1. The van der Waals surface area contributed by atoms with Gasteiger partial charge in [-0.05, 0) is 68.0 Å². The maximum Gasteiger partial charge on any atom is 0.244 e. The molecular weight excluding hydrogens is 490 g/mol. The van der Waals surface area contributed by atoms with Crippen molar-refractivity contribution in [1.29, 1.82) is 0 Å². The number of aryl methyl sites for hydroxylation is 2. The van der Waals surface area contributed by atoms with E-state index in [4.69, 9.17) is 4.74 Å². The van der Waals surface area contributed by atoms with Gasteiger partial charge in [0.2, 0.25) is 21.8 Å². The van der Waals surface area contributed by atoms with Crippen molar-refractivity contribution in [2.75, 3.05) is 24.2 Å². The zero-order valence-electron chi connectivity index (χ0n) is 22.5. The summed E-state index contributed by atoms with van der Waals surface area (Å²) in [7, 11) is -2.19. The van der Waals surface area contributed by atoms with E-state index in [1.54, 1.807) is 25.3 Å². The highest BCUT2D eigenvalue weighted by atomic mass is 32.2. The number of methoxy groups -OCH3 is 1. The third kappa shape index (κ3) is 7.47. The molecule has 2 aromatic carbocycles. The fraction of sp³-hybridized carbons (Fsp3) is 0.500. The van der Waals surface area contributed by atoms with Gasteiger partial charge < -0.3 is 15.0 Å². The molecule has 9 heteroatoms. The van der Waals surface area contributed by atoms with Crippen molar-refractivity contribution in [1.82, 2.24) is 10.2 Å². The first-order valence-corrected chi connectivity index (χ1v) is 14.7. The molecule has 0 aromatic heterocycles. The molecule has 2 aromatic rings. The molecule has 37 heavy (non-hydrogen) atoms. The topological polar surface area (TPSA) is 96.0 Å². The molecular formula is C28H39N3O5S. The van der Waals surface area contributed by atoms with Crippen LogP contribution in [0.1, 0.15) is 55.7 Å². The van der Waals surface area contributed by atoms with Crippen LogP contribution >= 0.6 is 0 Å². The average molecular weight is 530 g/mol. The highest BCUT2D eigenvalue weighted by Crippen LogP contribution is 2.25. The molecule has 1 atom stereocenters. The van der Waals surface area contributed by atoms with E-state index in [0.717, 1.165) is 52.9 Å². The van der Waals surface area contributed by atoms with Crippen LogP contribution in [-0.4, -0.2) is 57.1 Å². The van der Waals surface area contributed by atoms with Crippen LogP contribution in [0.25, 0.3) is 0 Å². The van der Waals surface area contributed by atoms with E-state index in [0.29, 0.717) is 17.9 Å². The first kappa shape index (κ1) is 28.5. The largest absolute Gasteiger partial charge is 0.497 e. The van der Waals surface area contributed by atoms with Crippen molar-refractivity contribution in [3.8, 4) is 5.75 Å². The minimum absolute atomic E-state index is 0.113. The number of sulfonamides is 1. The Kier molecular flexibility index (Phi) is 9.59. The maximum absolute atomic E-state index is 13.9. The van der Waals surface area contributed by atoms with Gasteiger partial charge in [-0.15, -0.1) is 0 Å². The second-order valence-corrected chi connectivity index (χ2v) is 11.8. The van der Waals surface area contributed by atoms with Crippen LogP contribution in [0.15, 0.2) is 42.5 Å². The Morgan fingerprint density at radius 1 is 1.08 bits per heavy atom. The Morgan fingerprint density at radius 2 is 1.73 bits per heavy atom. The molecule has 3 rings (SSSR count). The van der Waals surface area contributed by atoms with Gasteiger partial charge in [0, 0.05) is 12.6 Å². The van der Waals surface area contributed by atoms with Gasteiger partial charge in [0.15, 0.2) is 0 Å². The molecule has 2 amide bonds. The van der Waals surface area contributed by atoms with Gasteiger partial charge in [0.25, 0.3) is 0 Å². The molecule has 0 bridgehead atoms. The highest BCUT2D eigenvalue weighted by molar-refractivity contribution is 7.92. The van der Waals surface area contributed by atoms with Crippen LogP contribution in [-0.2, 0) is 26.2 Å². The lowest BCUT2D eigenvalue weighted by Gasteiger charge is -2.33. The summed E-state index contributed by atoms with van der Waals surface area (Å²) >= 11 is 0. The van der Waals surface area contributed by atoms with Crippen molar-refractivity contribution in [3.63, 3.8) is 0 Å². The van der Waals surface area contributed by atoms with E-state index in [-0.39, 0.29) is 18.5 Å². The Balaban J connectivity index is 1.94. The van der Waals surface area contributed by atoms with Gasteiger partial charge >= 0.3 is 0 Å². The summed E-state index contributed by atoms with van der Waals surface area (Å²) in [6.45, 7) is 5.33. The predicted molar refractivity (Wildman–Crippen MR) is 146 cm³/mol. The van der Waals surface area contributed by atoms with Crippen molar-refractivity contribution in [2.45, 2.75) is 71.5 Å². The number of carbonyl (C=O) groups is 2. The maximum atomic E-state index is 13.9. The zero-order valence-corrected chi connectivity index (χ0v) is 23.3. The molecule has 1 aliphatic carbocycles. The average Bonchev–Trinajstić information content (AvgIpc) is 3.36. The third-order valence-electron chi connectivity index (χ3n) is 6.91. The summed E-state index contributed by atoms with van der Waals surface area (Å²) in [4.78, 5) is 28.7. The highest BCUT2D eigenvalue weighted by Gasteiger charge is 2.33. The Hall–Kier alpha value is -3.07. The predicted octanol–water partition coefficient (Wildman–Crippen LogP) is 3.94. The molecule has 202 valence electrons. The number of nitrogens with zero attached hydrogens (tertiary/aromatic N) is 2. The number of anilines is 1. The lowest BCUT2D eigenvalue weighted by atomic mass is 10.1. The van der Waals surface area contributed by atoms with Crippen molar-refractivity contribution < 1.29 is 22.7 Å². The van der Waals surface area contributed by atoms with Crippen LogP contribution in [0.3, 0.4) is 0 Å². The summed E-state index contributed by atoms with van der Waals surface area (Å²) < 4.78 is 32.1. The lowest BCUT2D eigenvalue weighted by molar-refractivity contribution is -0.140. The van der Waals surface area contributed by atoms with Gasteiger partial charge in [0.1, 0.15) is 18.3 Å². The van der Waals surface area contributed by atoms with E-state index < -0.39 is 28.5 Å². The number of rotatable bonds is 11. The number of benzene rings is 2. The molecule has 1 saturated carbocycles. The number of amides is 2. The van der Waals surface area contributed by atoms with Crippen molar-refractivity contribution in [3.05, 3.63) is 59.2 Å². The van der Waals surface area contributed by atoms with Crippen LogP contribution < -0.4 is 14.4 Å². The van der Waals surface area contributed by atoms with Crippen LogP contribution in [0, 0.1) is 13.8 Å². The molecule has 1 fully saturated rings. The molecule has 8 nitrogen and oxygen atoms in total. The van der Waals surface area contributed by atoms with Gasteiger partial charge in [-0.3, -0.25) is 13.9 Å². The summed E-state index contributed by atoms with van der Waals surface area (Å²) in [5.74, 6) is 0.0512. The standard InChI is InChI=1S/C28H39N3O5S/c1-6-25(28(33)29-23-9-7-8-10-23)30(18-22-13-15-24(36-4)16-14-22)27(32)19-31(37(5,34)35)26-17-20(2)11-12-21(26)3/h11-17,23,25H,6-10,18-19H2,1-5H3,(H,29,33)/t25-/m0/s1. The smallest absolute Gasteiger partial charge is 0.244 e.